The number of hydrogen-bond donors (Lipinski definition) is 3. The number of hydrogen-bond acceptors (Lipinski definition) is 9. The van der Waals surface area contributed by atoms with E-state index >= 15 is 0 Å². The zero-order valence-electron chi connectivity index (χ0n) is 31.4. The van der Waals surface area contributed by atoms with Crippen LogP contribution in [0.2, 0.25) is 0 Å². The largest absolute Gasteiger partial charge is 0.472 e. The molecule has 49 heavy (non-hydrogen) atoms. The highest BCUT2D eigenvalue weighted by molar-refractivity contribution is 7.47. The van der Waals surface area contributed by atoms with E-state index < -0.39 is 45.2 Å². The van der Waals surface area contributed by atoms with Crippen LogP contribution in [0.5, 0.6) is 0 Å². The van der Waals surface area contributed by atoms with Crippen LogP contribution in [0.25, 0.3) is 0 Å². The van der Waals surface area contributed by atoms with Crippen molar-refractivity contribution in [1.29, 1.82) is 0 Å². The third-order valence-corrected chi connectivity index (χ3v) is 9.65. The van der Waals surface area contributed by atoms with Crippen LogP contribution in [0.4, 0.5) is 0 Å². The number of phosphoric acid groups is 1. The number of phosphoric ester groups is 1. The molecule has 0 bridgehead atoms. The van der Waals surface area contributed by atoms with Gasteiger partial charge in [0.1, 0.15) is 25.4 Å². The molecule has 292 valence electrons. The lowest BCUT2D eigenvalue weighted by molar-refractivity contribution is -0.147. The molecule has 3 N–H and O–H groups in total. The average Bonchev–Trinajstić information content (AvgIpc) is 3.08. The van der Waals surface area contributed by atoms with Crippen molar-refractivity contribution < 1.29 is 47.8 Å². The Labute approximate surface area is 299 Å². The van der Waals surface area contributed by atoms with Crippen LogP contribution in [0.3, 0.4) is 0 Å². The van der Waals surface area contributed by atoms with E-state index in [1.807, 2.05) is 0 Å². The minimum absolute atomic E-state index is 0.259. The van der Waals surface area contributed by atoms with E-state index in [9.17, 15) is 29.3 Å². The number of aliphatic hydroxyl groups is 2. The van der Waals surface area contributed by atoms with Gasteiger partial charge >= 0.3 is 19.8 Å². The van der Waals surface area contributed by atoms with Gasteiger partial charge < -0.3 is 24.6 Å². The third-order valence-electron chi connectivity index (χ3n) is 8.70. The van der Waals surface area contributed by atoms with Crippen molar-refractivity contribution in [1.82, 2.24) is 0 Å². The van der Waals surface area contributed by atoms with E-state index in [1.54, 1.807) is 0 Å². The summed E-state index contributed by atoms with van der Waals surface area (Å²) in [5.41, 5.74) is 0. The summed E-state index contributed by atoms with van der Waals surface area (Å²) in [5, 5.41) is 19.9. The lowest BCUT2D eigenvalue weighted by Gasteiger charge is -2.17. The molecular formula is C38H75O10P. The van der Waals surface area contributed by atoms with Crippen LogP contribution in [0, 0.1) is 0 Å². The summed E-state index contributed by atoms with van der Waals surface area (Å²) in [7, 11) is -4.58. The van der Waals surface area contributed by atoms with Gasteiger partial charge in [0, 0.05) is 12.8 Å². The summed E-state index contributed by atoms with van der Waals surface area (Å²) in [6, 6.07) is 0. The average molecular weight is 723 g/mol. The van der Waals surface area contributed by atoms with Gasteiger partial charge in [0.15, 0.2) is 0 Å². The van der Waals surface area contributed by atoms with E-state index in [0.29, 0.717) is 0 Å². The van der Waals surface area contributed by atoms with Crippen LogP contribution in [0.1, 0.15) is 194 Å². The van der Waals surface area contributed by atoms with Crippen LogP contribution in [-0.2, 0) is 32.7 Å². The Kier molecular flexibility index (Phi) is 34.6. The van der Waals surface area contributed by atoms with Crippen molar-refractivity contribution >= 4 is 19.8 Å². The Morgan fingerprint density at radius 2 is 0.694 bits per heavy atom. The van der Waals surface area contributed by atoms with Crippen molar-refractivity contribution in [3.05, 3.63) is 0 Å². The van der Waals surface area contributed by atoms with E-state index in [4.69, 9.17) is 18.5 Å². The molecule has 0 aromatic carbocycles. The summed E-state index contributed by atoms with van der Waals surface area (Å²) >= 11 is 0. The predicted octanol–water partition coefficient (Wildman–Crippen LogP) is 9.89. The molecule has 0 aromatic rings. The first-order valence-electron chi connectivity index (χ1n) is 20.0. The Morgan fingerprint density at radius 1 is 0.449 bits per heavy atom. The molecule has 0 amide bonds. The molecule has 0 saturated carbocycles. The van der Waals surface area contributed by atoms with Gasteiger partial charge in [-0.2, -0.15) is 0 Å². The SMILES string of the molecule is CCCCCCCCCCCCCCCC(=O)OC[C@@H](O)COP(=O)(O)OC[C@H](O)COC(=O)CCCCCCCCCCCCCCC. The standard InChI is InChI=1S/C38H75O10P/c1-3-5-7-9-11-13-15-17-19-21-23-25-27-29-37(41)45-31-35(39)33-47-49(43,44)48-34-36(40)32-46-38(42)30-28-26-24-22-20-18-16-14-12-10-8-6-4-2/h35-36,39-40H,3-34H2,1-2H3,(H,43,44)/t35-,36-/m1/s1. The monoisotopic (exact) mass is 723 g/mol. The van der Waals surface area contributed by atoms with Crippen LogP contribution in [0.15, 0.2) is 0 Å². The van der Waals surface area contributed by atoms with E-state index in [0.717, 1.165) is 38.5 Å². The minimum Gasteiger partial charge on any atom is -0.463 e. The number of unbranched alkanes of at least 4 members (excludes halogenated alkanes) is 24. The fraction of sp³-hybridized carbons (Fsp3) is 0.947. The zero-order chi connectivity index (χ0) is 36.3. The van der Waals surface area contributed by atoms with E-state index in [1.165, 1.54) is 128 Å². The first-order valence-corrected chi connectivity index (χ1v) is 21.5. The fourth-order valence-electron chi connectivity index (χ4n) is 5.59. The molecule has 0 rings (SSSR count). The molecule has 0 aliphatic rings. The Bertz CT molecular complexity index is 736. The van der Waals surface area contributed by atoms with Gasteiger partial charge in [0.2, 0.25) is 0 Å². The van der Waals surface area contributed by atoms with Gasteiger partial charge in [-0.1, -0.05) is 168 Å². The Hall–Kier alpha value is -1.03. The predicted molar refractivity (Wildman–Crippen MR) is 196 cm³/mol. The molecule has 0 radical (unpaired) electrons. The molecule has 0 saturated heterocycles. The molecule has 0 unspecified atom stereocenters. The van der Waals surface area contributed by atoms with Crippen molar-refractivity contribution in [2.45, 2.75) is 206 Å². The van der Waals surface area contributed by atoms with Gasteiger partial charge in [-0.3, -0.25) is 18.6 Å². The second kappa shape index (κ2) is 35.4. The first-order chi connectivity index (χ1) is 23.7. The molecule has 0 spiro atoms. The van der Waals surface area contributed by atoms with Gasteiger partial charge in [-0.05, 0) is 12.8 Å². The van der Waals surface area contributed by atoms with Crippen LogP contribution < -0.4 is 0 Å². The molecule has 0 aliphatic carbocycles. The number of carbonyl (C=O) groups is 2. The summed E-state index contributed by atoms with van der Waals surface area (Å²) in [4.78, 5) is 33.7. The summed E-state index contributed by atoms with van der Waals surface area (Å²) in [6.07, 6.45) is 29.4. The second-order valence-electron chi connectivity index (χ2n) is 13.7. The molecule has 11 heteroatoms. The van der Waals surface area contributed by atoms with Gasteiger partial charge in [-0.25, -0.2) is 4.57 Å². The molecule has 0 fully saturated rings. The lowest BCUT2D eigenvalue weighted by Crippen LogP contribution is -2.25. The number of rotatable bonds is 38. The highest BCUT2D eigenvalue weighted by atomic mass is 31.2. The highest BCUT2D eigenvalue weighted by Crippen LogP contribution is 2.43. The van der Waals surface area contributed by atoms with Gasteiger partial charge in [0.05, 0.1) is 13.2 Å². The molecule has 2 atom stereocenters. The van der Waals surface area contributed by atoms with E-state index in [-0.39, 0.29) is 26.1 Å². The quantitative estimate of drug-likeness (QED) is 0.0319. The van der Waals surface area contributed by atoms with Crippen LogP contribution in [-0.4, -0.2) is 65.7 Å². The highest BCUT2D eigenvalue weighted by Gasteiger charge is 2.25. The van der Waals surface area contributed by atoms with Crippen molar-refractivity contribution in [2.75, 3.05) is 26.4 Å². The summed E-state index contributed by atoms with van der Waals surface area (Å²) in [6.45, 7) is 2.56. The first kappa shape index (κ1) is 48.0. The fourth-order valence-corrected chi connectivity index (χ4v) is 6.39. The maximum absolute atomic E-state index is 12.1. The number of esters is 2. The maximum Gasteiger partial charge on any atom is 0.472 e. The molecule has 0 aromatic heterocycles. The molecule has 10 nitrogen and oxygen atoms in total. The number of aliphatic hydroxyl groups excluding tert-OH is 2. The van der Waals surface area contributed by atoms with Gasteiger partial charge in [0.25, 0.3) is 0 Å². The van der Waals surface area contributed by atoms with E-state index in [2.05, 4.69) is 13.8 Å². The molecular weight excluding hydrogens is 647 g/mol. The zero-order valence-corrected chi connectivity index (χ0v) is 32.3. The second-order valence-corrected chi connectivity index (χ2v) is 15.2. The summed E-state index contributed by atoms with van der Waals surface area (Å²) < 4.78 is 31.6. The van der Waals surface area contributed by atoms with Crippen LogP contribution >= 0.6 is 7.82 Å². The normalized spacial score (nSPS) is 13.0. The van der Waals surface area contributed by atoms with Crippen molar-refractivity contribution in [3.8, 4) is 0 Å². The lowest BCUT2D eigenvalue weighted by atomic mass is 10.0. The topological polar surface area (TPSA) is 149 Å². The van der Waals surface area contributed by atoms with Gasteiger partial charge in [-0.15, -0.1) is 0 Å². The molecule has 0 heterocycles. The molecule has 0 aliphatic heterocycles. The summed E-state index contributed by atoms with van der Waals surface area (Å²) in [5.74, 6) is -0.866. The smallest absolute Gasteiger partial charge is 0.463 e. The Balaban J connectivity index is 3.69. The minimum atomic E-state index is -4.58. The Morgan fingerprint density at radius 3 is 0.959 bits per heavy atom. The number of ether oxygens (including phenoxy) is 2. The third kappa shape index (κ3) is 36.6. The van der Waals surface area contributed by atoms with Crippen molar-refractivity contribution in [3.63, 3.8) is 0 Å². The van der Waals surface area contributed by atoms with Crippen molar-refractivity contribution in [2.24, 2.45) is 0 Å². The maximum atomic E-state index is 12.1. The number of carbonyl (C=O) groups excluding carboxylic acids is 2.